The van der Waals surface area contributed by atoms with Crippen LogP contribution >= 0.6 is 27.5 Å². The van der Waals surface area contributed by atoms with Crippen LogP contribution in [0.2, 0.25) is 5.22 Å². The highest BCUT2D eigenvalue weighted by Crippen LogP contribution is 2.27. The molecule has 0 aliphatic rings. The molecule has 2 N–H and O–H groups in total. The van der Waals surface area contributed by atoms with E-state index in [4.69, 9.17) is 21.8 Å². The molecule has 0 saturated carbocycles. The Morgan fingerprint density at radius 3 is 2.83 bits per heavy atom. The summed E-state index contributed by atoms with van der Waals surface area (Å²) in [5, 5.41) is 4.80. The monoisotopic (exact) mass is 331 g/mol. The standard InChI is InChI=1S/C12H15BrClN3O/c1-3-17-9(12(13)7(2)16-17)6-8(15)10-4-5-11(14)18-10/h4-5,8H,3,6,15H2,1-2H3. The second-order valence-corrected chi connectivity index (χ2v) is 5.28. The quantitative estimate of drug-likeness (QED) is 0.932. The van der Waals surface area contributed by atoms with E-state index in [9.17, 15) is 0 Å². The van der Waals surface area contributed by atoms with Gasteiger partial charge in [-0.05, 0) is 53.5 Å². The van der Waals surface area contributed by atoms with E-state index in [-0.39, 0.29) is 6.04 Å². The van der Waals surface area contributed by atoms with Crippen molar-refractivity contribution in [3.63, 3.8) is 0 Å². The summed E-state index contributed by atoms with van der Waals surface area (Å²) < 4.78 is 8.29. The van der Waals surface area contributed by atoms with Crippen LogP contribution < -0.4 is 5.73 Å². The third-order valence-corrected chi connectivity index (χ3v) is 4.06. The molecule has 2 aromatic rings. The summed E-state index contributed by atoms with van der Waals surface area (Å²) in [6.45, 7) is 4.83. The molecule has 1 unspecified atom stereocenters. The number of hydrogen-bond donors (Lipinski definition) is 1. The van der Waals surface area contributed by atoms with Gasteiger partial charge in [0.2, 0.25) is 0 Å². The third-order valence-electron chi connectivity index (χ3n) is 2.83. The van der Waals surface area contributed by atoms with Gasteiger partial charge in [0.1, 0.15) is 5.76 Å². The maximum absolute atomic E-state index is 6.13. The molecular weight excluding hydrogens is 318 g/mol. The van der Waals surface area contributed by atoms with Crippen LogP contribution in [0.15, 0.2) is 21.0 Å². The zero-order valence-corrected chi connectivity index (χ0v) is 12.6. The second-order valence-electron chi connectivity index (χ2n) is 4.11. The molecule has 0 fully saturated rings. The van der Waals surface area contributed by atoms with Crippen molar-refractivity contribution in [3.05, 3.63) is 39.0 Å². The van der Waals surface area contributed by atoms with E-state index >= 15 is 0 Å². The molecular formula is C12H15BrClN3O. The van der Waals surface area contributed by atoms with Crippen molar-refractivity contribution in [1.82, 2.24) is 9.78 Å². The summed E-state index contributed by atoms with van der Waals surface area (Å²) >= 11 is 9.30. The van der Waals surface area contributed by atoms with Crippen molar-refractivity contribution in [2.45, 2.75) is 32.9 Å². The maximum Gasteiger partial charge on any atom is 0.193 e. The summed E-state index contributed by atoms with van der Waals surface area (Å²) in [6, 6.07) is 3.28. The van der Waals surface area contributed by atoms with Crippen molar-refractivity contribution in [2.24, 2.45) is 5.73 Å². The minimum Gasteiger partial charge on any atom is -0.448 e. The van der Waals surface area contributed by atoms with Crippen LogP contribution in [0.3, 0.4) is 0 Å². The van der Waals surface area contributed by atoms with Crippen LogP contribution in [0.5, 0.6) is 0 Å². The van der Waals surface area contributed by atoms with E-state index < -0.39 is 0 Å². The lowest BCUT2D eigenvalue weighted by Crippen LogP contribution is -2.15. The van der Waals surface area contributed by atoms with Crippen LogP contribution in [-0.4, -0.2) is 9.78 Å². The Labute approximate surface area is 119 Å². The average molecular weight is 333 g/mol. The number of halogens is 2. The Hall–Kier alpha value is -0.780. The lowest BCUT2D eigenvalue weighted by Gasteiger charge is -2.10. The molecule has 2 rings (SSSR count). The van der Waals surface area contributed by atoms with Gasteiger partial charge in [0.15, 0.2) is 5.22 Å². The molecule has 0 aliphatic carbocycles. The zero-order valence-electron chi connectivity index (χ0n) is 10.3. The molecule has 0 saturated heterocycles. The summed E-state index contributed by atoms with van der Waals surface area (Å²) in [7, 11) is 0. The Balaban J connectivity index is 2.23. The summed E-state index contributed by atoms with van der Waals surface area (Å²) in [5.41, 5.74) is 8.18. The fraction of sp³-hybridized carbons (Fsp3) is 0.417. The van der Waals surface area contributed by atoms with Crippen molar-refractivity contribution >= 4 is 27.5 Å². The number of aryl methyl sites for hydroxylation is 2. The molecule has 0 bridgehead atoms. The number of nitrogens with two attached hydrogens (primary N) is 1. The van der Waals surface area contributed by atoms with Crippen LogP contribution in [-0.2, 0) is 13.0 Å². The van der Waals surface area contributed by atoms with Gasteiger partial charge >= 0.3 is 0 Å². The first-order valence-electron chi connectivity index (χ1n) is 5.75. The molecule has 4 nitrogen and oxygen atoms in total. The highest BCUT2D eigenvalue weighted by molar-refractivity contribution is 9.10. The Bertz CT molecular complexity index is 550. The number of nitrogens with zero attached hydrogens (tertiary/aromatic N) is 2. The van der Waals surface area contributed by atoms with Gasteiger partial charge in [0, 0.05) is 13.0 Å². The molecule has 6 heteroatoms. The number of rotatable bonds is 4. The number of hydrogen-bond acceptors (Lipinski definition) is 3. The fourth-order valence-corrected chi connectivity index (χ4v) is 2.50. The summed E-state index contributed by atoms with van der Waals surface area (Å²) in [5.74, 6) is 0.688. The minimum absolute atomic E-state index is 0.227. The van der Waals surface area contributed by atoms with Gasteiger partial charge in [0.05, 0.1) is 21.9 Å². The van der Waals surface area contributed by atoms with Crippen LogP contribution in [0.4, 0.5) is 0 Å². The summed E-state index contributed by atoms with van der Waals surface area (Å²) in [4.78, 5) is 0. The Morgan fingerprint density at radius 2 is 2.28 bits per heavy atom. The number of furan rings is 1. The molecule has 1 atom stereocenters. The molecule has 0 aromatic carbocycles. The SMILES string of the molecule is CCn1nc(C)c(Br)c1CC(N)c1ccc(Cl)o1. The Kier molecular flexibility index (Phi) is 4.14. The first-order valence-corrected chi connectivity index (χ1v) is 6.92. The average Bonchev–Trinajstić information content (AvgIpc) is 2.88. The van der Waals surface area contributed by atoms with Gasteiger partial charge in [0.25, 0.3) is 0 Å². The highest BCUT2D eigenvalue weighted by atomic mass is 79.9. The molecule has 2 aromatic heterocycles. The number of aromatic nitrogens is 2. The van der Waals surface area contributed by atoms with Crippen molar-refractivity contribution in [1.29, 1.82) is 0 Å². The molecule has 98 valence electrons. The first-order chi connectivity index (χ1) is 8.52. The highest BCUT2D eigenvalue weighted by Gasteiger charge is 2.18. The van der Waals surface area contributed by atoms with Gasteiger partial charge in [-0.3, -0.25) is 4.68 Å². The van der Waals surface area contributed by atoms with Gasteiger partial charge in [-0.1, -0.05) is 0 Å². The van der Waals surface area contributed by atoms with E-state index in [2.05, 4.69) is 28.0 Å². The van der Waals surface area contributed by atoms with Crippen LogP contribution in [0.25, 0.3) is 0 Å². The lowest BCUT2D eigenvalue weighted by atomic mass is 10.1. The van der Waals surface area contributed by atoms with Gasteiger partial charge < -0.3 is 10.2 Å². The third kappa shape index (κ3) is 2.63. The molecule has 18 heavy (non-hydrogen) atoms. The fourth-order valence-electron chi connectivity index (χ4n) is 1.90. The zero-order chi connectivity index (χ0) is 13.3. The molecule has 0 spiro atoms. The largest absolute Gasteiger partial charge is 0.448 e. The molecule has 2 heterocycles. The van der Waals surface area contributed by atoms with E-state index in [1.165, 1.54) is 0 Å². The molecule has 0 amide bonds. The van der Waals surface area contributed by atoms with Crippen LogP contribution in [0.1, 0.15) is 30.1 Å². The van der Waals surface area contributed by atoms with Gasteiger partial charge in [-0.15, -0.1) is 0 Å². The van der Waals surface area contributed by atoms with Gasteiger partial charge in [-0.2, -0.15) is 5.10 Å². The topological polar surface area (TPSA) is 57.0 Å². The van der Waals surface area contributed by atoms with Crippen molar-refractivity contribution < 1.29 is 4.42 Å². The van der Waals surface area contributed by atoms with E-state index in [0.29, 0.717) is 17.4 Å². The van der Waals surface area contributed by atoms with E-state index in [0.717, 1.165) is 22.4 Å². The van der Waals surface area contributed by atoms with Crippen LogP contribution in [0, 0.1) is 6.92 Å². The predicted molar refractivity (Wildman–Crippen MR) is 74.7 cm³/mol. The van der Waals surface area contributed by atoms with Crippen molar-refractivity contribution in [3.8, 4) is 0 Å². The van der Waals surface area contributed by atoms with E-state index in [1.807, 2.05) is 11.6 Å². The van der Waals surface area contributed by atoms with Crippen molar-refractivity contribution in [2.75, 3.05) is 0 Å². The smallest absolute Gasteiger partial charge is 0.193 e. The summed E-state index contributed by atoms with van der Waals surface area (Å²) in [6.07, 6.45) is 0.652. The maximum atomic E-state index is 6.13. The first kappa shape index (κ1) is 13.6. The van der Waals surface area contributed by atoms with E-state index in [1.54, 1.807) is 12.1 Å². The Morgan fingerprint density at radius 1 is 1.56 bits per heavy atom. The normalized spacial score (nSPS) is 12.9. The predicted octanol–water partition coefficient (Wildman–Crippen LogP) is 3.46. The second kappa shape index (κ2) is 5.47. The molecule has 0 radical (unpaired) electrons. The lowest BCUT2D eigenvalue weighted by molar-refractivity contribution is 0.457. The van der Waals surface area contributed by atoms with Gasteiger partial charge in [-0.25, -0.2) is 0 Å². The minimum atomic E-state index is -0.227. The molecule has 0 aliphatic heterocycles.